The number of carboxylic acids is 1. The molecule has 22 heavy (non-hydrogen) atoms. The standard InChI is InChI=1S/C18H25NO3/c1-13-4-3-5-14(2)19(12-13)17(20)11-8-15-6-9-16(10-7-15)18(21)22/h6-7,9-10,13-14H,3-5,8,11-12H2,1-2H3,(H,21,22). The summed E-state index contributed by atoms with van der Waals surface area (Å²) >= 11 is 0. The third-order valence-electron chi connectivity index (χ3n) is 4.51. The van der Waals surface area contributed by atoms with Crippen LogP contribution in [0.3, 0.4) is 0 Å². The van der Waals surface area contributed by atoms with Gasteiger partial charge in [0.2, 0.25) is 5.91 Å². The van der Waals surface area contributed by atoms with Crippen LogP contribution in [0.1, 0.15) is 55.5 Å². The molecule has 0 spiro atoms. The smallest absolute Gasteiger partial charge is 0.335 e. The van der Waals surface area contributed by atoms with E-state index in [1.165, 1.54) is 12.8 Å². The summed E-state index contributed by atoms with van der Waals surface area (Å²) in [6.45, 7) is 5.21. The Hall–Kier alpha value is -1.84. The normalized spacial score (nSPS) is 22.2. The maximum absolute atomic E-state index is 12.5. The summed E-state index contributed by atoms with van der Waals surface area (Å²) in [4.78, 5) is 25.3. The quantitative estimate of drug-likeness (QED) is 0.928. The van der Waals surface area contributed by atoms with Crippen LogP contribution in [0.15, 0.2) is 24.3 Å². The van der Waals surface area contributed by atoms with Crippen LogP contribution in [0, 0.1) is 5.92 Å². The molecule has 4 heteroatoms. The number of rotatable bonds is 4. The van der Waals surface area contributed by atoms with Gasteiger partial charge in [-0.3, -0.25) is 4.79 Å². The fourth-order valence-electron chi connectivity index (χ4n) is 3.08. The molecule has 0 saturated carbocycles. The maximum atomic E-state index is 12.5. The van der Waals surface area contributed by atoms with E-state index in [2.05, 4.69) is 13.8 Å². The van der Waals surface area contributed by atoms with Crippen molar-refractivity contribution in [2.24, 2.45) is 5.92 Å². The number of aromatic carboxylic acids is 1. The van der Waals surface area contributed by atoms with Crippen molar-refractivity contribution < 1.29 is 14.7 Å². The lowest BCUT2D eigenvalue weighted by atomic mass is 10.1. The highest BCUT2D eigenvalue weighted by Gasteiger charge is 2.24. The van der Waals surface area contributed by atoms with Gasteiger partial charge in [0.1, 0.15) is 0 Å². The van der Waals surface area contributed by atoms with E-state index in [1.807, 2.05) is 4.90 Å². The van der Waals surface area contributed by atoms with Crippen molar-refractivity contribution in [3.63, 3.8) is 0 Å². The topological polar surface area (TPSA) is 57.6 Å². The van der Waals surface area contributed by atoms with Crippen molar-refractivity contribution in [2.45, 2.75) is 52.0 Å². The number of likely N-dealkylation sites (tertiary alicyclic amines) is 1. The van der Waals surface area contributed by atoms with E-state index < -0.39 is 5.97 Å². The minimum absolute atomic E-state index is 0.212. The SMILES string of the molecule is CC1CCCC(C)N(C(=O)CCc2ccc(C(=O)O)cc2)C1. The molecule has 1 aliphatic heterocycles. The van der Waals surface area contributed by atoms with Gasteiger partial charge in [-0.15, -0.1) is 0 Å². The molecule has 1 aromatic rings. The van der Waals surface area contributed by atoms with Gasteiger partial charge in [-0.2, -0.15) is 0 Å². The van der Waals surface area contributed by atoms with Crippen LogP contribution in [0.25, 0.3) is 0 Å². The van der Waals surface area contributed by atoms with Crippen LogP contribution in [-0.2, 0) is 11.2 Å². The van der Waals surface area contributed by atoms with Crippen LogP contribution in [-0.4, -0.2) is 34.5 Å². The largest absolute Gasteiger partial charge is 0.478 e. The number of aryl methyl sites for hydroxylation is 1. The zero-order chi connectivity index (χ0) is 16.1. The van der Waals surface area contributed by atoms with Gasteiger partial charge in [0.25, 0.3) is 0 Å². The van der Waals surface area contributed by atoms with Gasteiger partial charge in [-0.25, -0.2) is 4.79 Å². The lowest BCUT2D eigenvalue weighted by Crippen LogP contribution is -2.39. The molecule has 2 unspecified atom stereocenters. The number of hydrogen-bond acceptors (Lipinski definition) is 2. The average Bonchev–Trinajstić information content (AvgIpc) is 2.66. The molecule has 1 amide bonds. The van der Waals surface area contributed by atoms with Crippen LogP contribution in [0.5, 0.6) is 0 Å². The summed E-state index contributed by atoms with van der Waals surface area (Å²) in [5.41, 5.74) is 1.29. The second-order valence-corrected chi connectivity index (χ2v) is 6.43. The van der Waals surface area contributed by atoms with Crippen molar-refractivity contribution in [1.29, 1.82) is 0 Å². The first kappa shape index (κ1) is 16.5. The molecule has 1 aliphatic rings. The van der Waals surface area contributed by atoms with E-state index in [0.717, 1.165) is 18.5 Å². The summed E-state index contributed by atoms with van der Waals surface area (Å²) in [7, 11) is 0. The zero-order valence-corrected chi connectivity index (χ0v) is 13.4. The predicted octanol–water partition coefficient (Wildman–Crippen LogP) is 3.35. The van der Waals surface area contributed by atoms with E-state index in [-0.39, 0.29) is 11.5 Å². The highest BCUT2D eigenvalue weighted by Crippen LogP contribution is 2.21. The zero-order valence-electron chi connectivity index (χ0n) is 13.4. The number of carboxylic acid groups (broad SMARTS) is 1. The highest BCUT2D eigenvalue weighted by atomic mass is 16.4. The molecule has 1 saturated heterocycles. The van der Waals surface area contributed by atoms with E-state index in [9.17, 15) is 9.59 Å². The summed E-state index contributed by atoms with van der Waals surface area (Å²) in [5.74, 6) is -0.137. The summed E-state index contributed by atoms with van der Waals surface area (Å²) in [5, 5.41) is 8.88. The van der Waals surface area contributed by atoms with Crippen LogP contribution < -0.4 is 0 Å². The summed E-state index contributed by atoms with van der Waals surface area (Å²) < 4.78 is 0. The van der Waals surface area contributed by atoms with Crippen molar-refractivity contribution in [2.75, 3.05) is 6.54 Å². The number of carbonyl (C=O) groups is 2. The van der Waals surface area contributed by atoms with E-state index in [4.69, 9.17) is 5.11 Å². The molecule has 0 radical (unpaired) electrons. The Morgan fingerprint density at radius 2 is 1.86 bits per heavy atom. The van der Waals surface area contributed by atoms with Crippen LogP contribution in [0.2, 0.25) is 0 Å². The second-order valence-electron chi connectivity index (χ2n) is 6.43. The molecule has 0 aromatic heterocycles. The lowest BCUT2D eigenvalue weighted by Gasteiger charge is -2.28. The molecular weight excluding hydrogens is 278 g/mol. The molecule has 1 heterocycles. The Labute approximate surface area is 132 Å². The molecule has 1 aromatic carbocycles. The third kappa shape index (κ3) is 4.33. The van der Waals surface area contributed by atoms with Gasteiger partial charge in [0.05, 0.1) is 5.56 Å². The minimum Gasteiger partial charge on any atom is -0.478 e. The van der Waals surface area contributed by atoms with E-state index in [1.54, 1.807) is 24.3 Å². The summed E-state index contributed by atoms with van der Waals surface area (Å²) in [6, 6.07) is 7.11. The number of carbonyl (C=O) groups excluding carboxylic acids is 1. The van der Waals surface area contributed by atoms with Crippen molar-refractivity contribution in [1.82, 2.24) is 4.90 Å². The fourth-order valence-corrected chi connectivity index (χ4v) is 3.08. The Bertz CT molecular complexity index is 524. The fraction of sp³-hybridized carbons (Fsp3) is 0.556. The lowest BCUT2D eigenvalue weighted by molar-refractivity contribution is -0.133. The molecule has 0 bridgehead atoms. The van der Waals surface area contributed by atoms with E-state index in [0.29, 0.717) is 24.8 Å². The Kier molecular flexibility index (Phi) is 5.58. The molecule has 4 nitrogen and oxygen atoms in total. The number of nitrogens with zero attached hydrogens (tertiary/aromatic N) is 1. The Balaban J connectivity index is 1.92. The van der Waals surface area contributed by atoms with E-state index >= 15 is 0 Å². The van der Waals surface area contributed by atoms with Gasteiger partial charge in [-0.05, 0) is 49.8 Å². The molecule has 2 rings (SSSR count). The molecule has 1 N–H and O–H groups in total. The Morgan fingerprint density at radius 3 is 2.50 bits per heavy atom. The second kappa shape index (κ2) is 7.43. The van der Waals surface area contributed by atoms with Gasteiger partial charge in [-0.1, -0.05) is 25.5 Å². The molecule has 0 aliphatic carbocycles. The molecular formula is C18H25NO3. The third-order valence-corrected chi connectivity index (χ3v) is 4.51. The first-order chi connectivity index (χ1) is 10.5. The maximum Gasteiger partial charge on any atom is 0.335 e. The van der Waals surface area contributed by atoms with Gasteiger partial charge < -0.3 is 10.0 Å². The predicted molar refractivity (Wildman–Crippen MR) is 85.9 cm³/mol. The van der Waals surface area contributed by atoms with Gasteiger partial charge in [0.15, 0.2) is 0 Å². The van der Waals surface area contributed by atoms with Crippen molar-refractivity contribution in [3.05, 3.63) is 35.4 Å². The monoisotopic (exact) mass is 303 g/mol. The van der Waals surface area contributed by atoms with Crippen molar-refractivity contribution in [3.8, 4) is 0 Å². The van der Waals surface area contributed by atoms with Crippen molar-refractivity contribution >= 4 is 11.9 Å². The molecule has 1 fully saturated rings. The van der Waals surface area contributed by atoms with Gasteiger partial charge in [0, 0.05) is 19.0 Å². The number of benzene rings is 1. The average molecular weight is 303 g/mol. The first-order valence-corrected chi connectivity index (χ1v) is 8.09. The summed E-state index contributed by atoms with van der Waals surface area (Å²) in [6.07, 6.45) is 4.64. The molecule has 2 atom stereocenters. The van der Waals surface area contributed by atoms with Gasteiger partial charge >= 0.3 is 5.97 Å². The Morgan fingerprint density at radius 1 is 1.18 bits per heavy atom. The van der Waals surface area contributed by atoms with Crippen LogP contribution in [0.4, 0.5) is 0 Å². The minimum atomic E-state index is -0.921. The molecule has 120 valence electrons. The first-order valence-electron chi connectivity index (χ1n) is 8.09. The number of hydrogen-bond donors (Lipinski definition) is 1. The highest BCUT2D eigenvalue weighted by molar-refractivity contribution is 5.87. The van der Waals surface area contributed by atoms with Crippen LogP contribution >= 0.6 is 0 Å². The number of amides is 1.